The number of ether oxygens (including phenoxy) is 1. The van der Waals surface area contributed by atoms with Crippen molar-refractivity contribution in [2.24, 2.45) is 11.8 Å². The van der Waals surface area contributed by atoms with Crippen molar-refractivity contribution < 1.29 is 4.74 Å². The summed E-state index contributed by atoms with van der Waals surface area (Å²) in [6, 6.07) is 0. The quantitative estimate of drug-likeness (QED) is 0.448. The second-order valence-corrected chi connectivity index (χ2v) is 11.1. The van der Waals surface area contributed by atoms with Gasteiger partial charge >= 0.3 is 0 Å². The van der Waals surface area contributed by atoms with Crippen molar-refractivity contribution in [3.63, 3.8) is 0 Å². The van der Waals surface area contributed by atoms with Gasteiger partial charge in [-0.1, -0.05) is 19.6 Å². The van der Waals surface area contributed by atoms with Crippen LogP contribution < -0.4 is 0 Å². The molecular formula is C10H18OSi. The third-order valence-corrected chi connectivity index (χ3v) is 7.52. The van der Waals surface area contributed by atoms with Crippen LogP contribution in [0.1, 0.15) is 19.3 Å². The summed E-state index contributed by atoms with van der Waals surface area (Å²) in [4.78, 5) is 0. The number of hydrogen-bond donors (Lipinski definition) is 0. The highest BCUT2D eigenvalue weighted by atomic mass is 28.3. The predicted octanol–water partition coefficient (Wildman–Crippen LogP) is 2.43. The van der Waals surface area contributed by atoms with Crippen LogP contribution in [0.15, 0.2) is 0 Å². The molecule has 1 heterocycles. The highest BCUT2D eigenvalue weighted by Crippen LogP contribution is 2.67. The fourth-order valence-corrected chi connectivity index (χ4v) is 6.90. The topological polar surface area (TPSA) is 12.5 Å². The molecule has 0 aromatic carbocycles. The Hall–Kier alpha value is 0.177. The first-order valence-corrected chi connectivity index (χ1v) is 8.73. The minimum atomic E-state index is -1.05. The number of rotatable bonds is 1. The molecule has 1 aliphatic heterocycles. The van der Waals surface area contributed by atoms with Gasteiger partial charge in [-0.15, -0.1) is 0 Å². The van der Waals surface area contributed by atoms with Crippen molar-refractivity contribution in [1.82, 2.24) is 0 Å². The summed E-state index contributed by atoms with van der Waals surface area (Å²) < 4.78 is 6.05. The predicted molar refractivity (Wildman–Crippen MR) is 51.8 cm³/mol. The molecule has 0 spiro atoms. The Morgan fingerprint density at radius 2 is 2.00 bits per heavy atom. The van der Waals surface area contributed by atoms with Crippen LogP contribution in [0.2, 0.25) is 19.6 Å². The summed E-state index contributed by atoms with van der Waals surface area (Å²) in [6.45, 7) is 7.44. The first-order valence-electron chi connectivity index (χ1n) is 5.23. The van der Waals surface area contributed by atoms with Gasteiger partial charge in [-0.25, -0.2) is 0 Å². The van der Waals surface area contributed by atoms with E-state index in [1.165, 1.54) is 19.3 Å². The Balaban J connectivity index is 1.97. The van der Waals surface area contributed by atoms with E-state index < -0.39 is 8.07 Å². The lowest BCUT2D eigenvalue weighted by atomic mass is 10.0. The van der Waals surface area contributed by atoms with E-state index in [9.17, 15) is 0 Å². The van der Waals surface area contributed by atoms with E-state index in [1.54, 1.807) is 0 Å². The molecule has 2 bridgehead atoms. The molecule has 0 radical (unpaired) electrons. The van der Waals surface area contributed by atoms with Crippen LogP contribution in [0, 0.1) is 11.8 Å². The summed E-state index contributed by atoms with van der Waals surface area (Å²) in [7, 11) is -1.05. The zero-order valence-electron chi connectivity index (χ0n) is 8.26. The highest BCUT2D eigenvalue weighted by Gasteiger charge is 2.75. The first-order chi connectivity index (χ1) is 5.56. The van der Waals surface area contributed by atoms with Gasteiger partial charge in [0.25, 0.3) is 0 Å². The fraction of sp³-hybridized carbons (Fsp3) is 1.00. The highest BCUT2D eigenvalue weighted by molar-refractivity contribution is 6.80. The number of epoxide rings is 1. The molecule has 0 N–H and O–H groups in total. The van der Waals surface area contributed by atoms with Crippen LogP contribution in [-0.2, 0) is 4.74 Å². The van der Waals surface area contributed by atoms with Crippen LogP contribution in [-0.4, -0.2) is 19.4 Å². The Kier molecular flexibility index (Phi) is 1.15. The number of hydrogen-bond acceptors (Lipinski definition) is 1. The zero-order chi connectivity index (χ0) is 8.56. The molecule has 3 rings (SSSR count). The van der Waals surface area contributed by atoms with Crippen LogP contribution >= 0.6 is 0 Å². The van der Waals surface area contributed by atoms with E-state index in [0.29, 0.717) is 11.3 Å². The third kappa shape index (κ3) is 0.620. The Bertz CT molecular complexity index is 232. The van der Waals surface area contributed by atoms with Crippen molar-refractivity contribution in [2.75, 3.05) is 0 Å². The summed E-state index contributed by atoms with van der Waals surface area (Å²) in [5, 5.41) is 0.454. The molecule has 3 aliphatic rings. The summed E-state index contributed by atoms with van der Waals surface area (Å²) in [6.07, 6.45) is 5.13. The Morgan fingerprint density at radius 1 is 1.25 bits per heavy atom. The van der Waals surface area contributed by atoms with Gasteiger partial charge in [0.2, 0.25) is 0 Å². The van der Waals surface area contributed by atoms with Crippen molar-refractivity contribution >= 4 is 8.07 Å². The summed E-state index contributed by atoms with van der Waals surface area (Å²) >= 11 is 0. The lowest BCUT2D eigenvalue weighted by Gasteiger charge is -2.30. The van der Waals surface area contributed by atoms with E-state index in [4.69, 9.17) is 4.74 Å². The average Bonchev–Trinajstić information content (AvgIpc) is 2.49. The second-order valence-electron chi connectivity index (χ2n) is 5.85. The van der Waals surface area contributed by atoms with Gasteiger partial charge in [-0.05, 0) is 31.1 Å². The van der Waals surface area contributed by atoms with E-state index >= 15 is 0 Å². The minimum absolute atomic E-state index is 0.454. The van der Waals surface area contributed by atoms with E-state index in [-0.39, 0.29) is 0 Å². The van der Waals surface area contributed by atoms with Crippen LogP contribution in [0.3, 0.4) is 0 Å². The maximum absolute atomic E-state index is 6.05. The van der Waals surface area contributed by atoms with E-state index in [2.05, 4.69) is 19.6 Å². The molecule has 0 aromatic heterocycles. The van der Waals surface area contributed by atoms with Crippen LogP contribution in [0.25, 0.3) is 0 Å². The van der Waals surface area contributed by atoms with Crippen molar-refractivity contribution in [2.45, 2.75) is 50.2 Å². The van der Waals surface area contributed by atoms with Gasteiger partial charge in [0.15, 0.2) is 0 Å². The van der Waals surface area contributed by atoms with Gasteiger partial charge in [0.1, 0.15) is 0 Å². The van der Waals surface area contributed by atoms with Crippen molar-refractivity contribution in [1.29, 1.82) is 0 Å². The molecule has 1 nitrogen and oxygen atoms in total. The maximum Gasteiger partial charge on any atom is 0.0870 e. The van der Waals surface area contributed by atoms with Crippen LogP contribution in [0.4, 0.5) is 0 Å². The second kappa shape index (κ2) is 1.83. The van der Waals surface area contributed by atoms with Gasteiger partial charge in [0, 0.05) is 0 Å². The molecule has 2 saturated carbocycles. The van der Waals surface area contributed by atoms with Gasteiger partial charge in [0.05, 0.1) is 19.4 Å². The van der Waals surface area contributed by atoms with E-state index in [1.807, 2.05) is 0 Å². The molecule has 3 fully saturated rings. The lowest BCUT2D eigenvalue weighted by Crippen LogP contribution is -2.47. The molecule has 2 heteroatoms. The molecule has 0 amide bonds. The molecule has 1 saturated heterocycles. The normalized spacial score (nSPS) is 55.8. The van der Waals surface area contributed by atoms with Crippen molar-refractivity contribution in [3.05, 3.63) is 0 Å². The fourth-order valence-electron chi connectivity index (χ4n) is 3.85. The van der Waals surface area contributed by atoms with Gasteiger partial charge in [-0.3, -0.25) is 0 Å². The first kappa shape index (κ1) is 7.57. The lowest BCUT2D eigenvalue weighted by molar-refractivity contribution is 0.239. The molecule has 2 aliphatic carbocycles. The van der Waals surface area contributed by atoms with E-state index in [0.717, 1.165) is 11.8 Å². The SMILES string of the molecule is C[Si](C)(C)[C@@]12O[C@@H]1[C@H]1CC[C@@H]2C1. The molecule has 0 unspecified atom stereocenters. The zero-order valence-corrected chi connectivity index (χ0v) is 9.26. The molecule has 0 aromatic rings. The van der Waals surface area contributed by atoms with Crippen molar-refractivity contribution in [3.8, 4) is 0 Å². The molecule has 4 atom stereocenters. The standard InChI is InChI=1S/C10H18OSi/c1-12(2,3)10-8-5-4-7(6-8)9(10)11-10/h7-9H,4-6H2,1-3H3/t7-,8+,9+,10+/m0/s1. The third-order valence-electron chi connectivity index (χ3n) is 4.37. The summed E-state index contributed by atoms with van der Waals surface area (Å²) in [5.41, 5.74) is 0. The van der Waals surface area contributed by atoms with Gasteiger partial charge in [-0.2, -0.15) is 0 Å². The minimum Gasteiger partial charge on any atom is -0.369 e. The Morgan fingerprint density at radius 3 is 2.42 bits per heavy atom. The number of fused-ring (bicyclic) bond motifs is 5. The Labute approximate surface area is 75.5 Å². The molecule has 12 heavy (non-hydrogen) atoms. The van der Waals surface area contributed by atoms with Crippen LogP contribution in [0.5, 0.6) is 0 Å². The summed E-state index contributed by atoms with van der Waals surface area (Å²) in [5.74, 6) is 1.92. The average molecular weight is 182 g/mol. The monoisotopic (exact) mass is 182 g/mol. The smallest absolute Gasteiger partial charge is 0.0870 e. The molecular weight excluding hydrogens is 164 g/mol. The maximum atomic E-state index is 6.05. The largest absolute Gasteiger partial charge is 0.369 e. The van der Waals surface area contributed by atoms with Gasteiger partial charge < -0.3 is 4.74 Å². The molecule has 68 valence electrons.